The highest BCUT2D eigenvalue weighted by Crippen LogP contribution is 2.40. The van der Waals surface area contributed by atoms with Crippen molar-refractivity contribution in [2.45, 2.75) is 37.1 Å². The number of halogens is 4. The molecule has 0 bridgehead atoms. The minimum atomic E-state index is -4.73. The van der Waals surface area contributed by atoms with E-state index in [9.17, 15) is 18.0 Å². The summed E-state index contributed by atoms with van der Waals surface area (Å²) in [5.41, 5.74) is 1.51. The van der Waals surface area contributed by atoms with Gasteiger partial charge in [-0.3, -0.25) is 9.89 Å². The van der Waals surface area contributed by atoms with Gasteiger partial charge in [0.25, 0.3) is 0 Å². The molecule has 6 rings (SSSR count). The zero-order valence-corrected chi connectivity index (χ0v) is 19.7. The Labute approximate surface area is 209 Å². The second-order valence-electron chi connectivity index (χ2n) is 9.55. The minimum absolute atomic E-state index is 0.0713. The number of alkyl halides is 3. The molecule has 5 heterocycles. The van der Waals surface area contributed by atoms with Gasteiger partial charge in [-0.1, -0.05) is 6.08 Å². The number of nitrogens with one attached hydrogen (secondary N) is 1. The molecule has 0 spiro atoms. The zero-order valence-electron chi connectivity index (χ0n) is 19.7. The number of fused-ring (bicyclic) bond motifs is 1. The summed E-state index contributed by atoms with van der Waals surface area (Å²) in [4.78, 5) is 23.4. The van der Waals surface area contributed by atoms with E-state index in [1.807, 2.05) is 4.90 Å². The van der Waals surface area contributed by atoms with Crippen LogP contribution in [0.3, 0.4) is 0 Å². The van der Waals surface area contributed by atoms with Crippen LogP contribution >= 0.6 is 0 Å². The molecular weight excluding hydrogens is 498 g/mol. The molecule has 3 saturated heterocycles. The first-order valence-electron chi connectivity index (χ1n) is 12.2. The summed E-state index contributed by atoms with van der Waals surface area (Å²) >= 11 is 0. The number of nitrogens with zero attached hydrogens (tertiary/aromatic N) is 6. The summed E-state index contributed by atoms with van der Waals surface area (Å²) in [7, 11) is 0. The van der Waals surface area contributed by atoms with Crippen LogP contribution in [0.5, 0.6) is 0 Å². The highest BCUT2D eigenvalue weighted by atomic mass is 19.4. The summed E-state index contributed by atoms with van der Waals surface area (Å²) in [6.45, 7) is 4.06. The predicted molar refractivity (Wildman–Crippen MR) is 122 cm³/mol. The lowest BCUT2D eigenvalue weighted by Crippen LogP contribution is -2.54. The topological polar surface area (TPSA) is 99.3 Å². The Bertz CT molecular complexity index is 1200. The van der Waals surface area contributed by atoms with Crippen LogP contribution in [0.1, 0.15) is 24.6 Å². The fraction of sp³-hybridized carbons (Fsp3) is 0.565. The van der Waals surface area contributed by atoms with Gasteiger partial charge >= 0.3 is 18.1 Å². The SMILES string of the molecule is O=C1N(CC2CC=C(c3nnc(C(F)(F)F)o3)C=N2)C2=CC(F)=C(N3CCNCC3)CC2N1C1COC1. The first kappa shape index (κ1) is 24.1. The Balaban J connectivity index is 1.20. The van der Waals surface area contributed by atoms with Crippen LogP contribution in [0.4, 0.5) is 22.4 Å². The maximum atomic E-state index is 15.3. The average molecular weight is 523 g/mol. The van der Waals surface area contributed by atoms with Crippen molar-refractivity contribution in [2.24, 2.45) is 4.99 Å². The molecular formula is C23H25F4N7O3. The molecule has 4 aliphatic heterocycles. The molecule has 2 unspecified atom stereocenters. The van der Waals surface area contributed by atoms with Gasteiger partial charge in [0.05, 0.1) is 49.2 Å². The summed E-state index contributed by atoms with van der Waals surface area (Å²) in [5.74, 6) is -2.03. The van der Waals surface area contributed by atoms with Crippen molar-refractivity contribution < 1.29 is 31.5 Å². The average Bonchev–Trinajstić information content (AvgIpc) is 3.44. The number of ether oxygens (including phenoxy) is 1. The van der Waals surface area contributed by atoms with Crippen LogP contribution in [-0.2, 0) is 10.9 Å². The highest BCUT2D eigenvalue weighted by Gasteiger charge is 2.49. The van der Waals surface area contributed by atoms with Crippen molar-refractivity contribution in [3.8, 4) is 0 Å². The Hall–Kier alpha value is -3.26. The monoisotopic (exact) mass is 523 g/mol. The van der Waals surface area contributed by atoms with E-state index in [-0.39, 0.29) is 48.0 Å². The third kappa shape index (κ3) is 4.41. The Morgan fingerprint density at radius 3 is 2.57 bits per heavy atom. The number of carbonyl (C=O) groups excluding carboxylic acids is 1. The van der Waals surface area contributed by atoms with E-state index in [1.165, 1.54) is 12.3 Å². The first-order valence-corrected chi connectivity index (χ1v) is 12.2. The van der Waals surface area contributed by atoms with Crippen molar-refractivity contribution in [3.63, 3.8) is 0 Å². The molecule has 198 valence electrons. The van der Waals surface area contributed by atoms with Crippen LogP contribution in [0.25, 0.3) is 5.57 Å². The zero-order chi connectivity index (χ0) is 25.7. The molecule has 10 nitrogen and oxygen atoms in total. The van der Waals surface area contributed by atoms with Gasteiger partial charge in [0, 0.05) is 44.5 Å². The minimum Gasteiger partial charge on any atom is -0.413 e. The quantitative estimate of drug-likeness (QED) is 0.591. The number of allylic oxidation sites excluding steroid dienone is 3. The van der Waals surface area contributed by atoms with Crippen LogP contribution < -0.4 is 5.32 Å². The van der Waals surface area contributed by atoms with Crippen LogP contribution in [0.2, 0.25) is 0 Å². The molecule has 2 amide bonds. The number of hydrogen-bond donors (Lipinski definition) is 1. The fourth-order valence-corrected chi connectivity index (χ4v) is 5.26. The standard InChI is InChI=1S/C23H25F4N7O3/c24-16-7-18-19(8-17(16)32-5-3-28-4-6-32)34(15-11-36-12-15)22(35)33(18)10-14-2-1-13(9-29-14)20-30-31-21(37-20)23(25,26)27/h1,7,9,14-15,19,28H,2-6,8,10-12H2. The number of amides is 2. The Morgan fingerprint density at radius 2 is 1.95 bits per heavy atom. The van der Waals surface area contributed by atoms with Crippen LogP contribution in [0.15, 0.2) is 38.8 Å². The molecule has 5 aliphatic rings. The van der Waals surface area contributed by atoms with Crippen molar-refractivity contribution >= 4 is 17.8 Å². The summed E-state index contributed by atoms with van der Waals surface area (Å²) in [5, 5.41) is 9.76. The van der Waals surface area contributed by atoms with Crippen molar-refractivity contribution in [3.05, 3.63) is 41.2 Å². The van der Waals surface area contributed by atoms with Crippen molar-refractivity contribution in [1.82, 2.24) is 30.2 Å². The third-order valence-electron chi connectivity index (χ3n) is 7.23. The third-order valence-corrected chi connectivity index (χ3v) is 7.23. The molecule has 1 N–H and O–H groups in total. The van der Waals surface area contributed by atoms with E-state index in [4.69, 9.17) is 9.15 Å². The lowest BCUT2D eigenvalue weighted by molar-refractivity contribution is -0.157. The molecule has 2 atom stereocenters. The number of piperazine rings is 1. The summed E-state index contributed by atoms with van der Waals surface area (Å²) in [6.07, 6.45) is 0.496. The normalized spacial score (nSPS) is 26.9. The number of hydrogen-bond acceptors (Lipinski definition) is 8. The number of aliphatic imine (C=N–C) groups is 1. The van der Waals surface area contributed by atoms with Gasteiger partial charge in [-0.25, -0.2) is 9.18 Å². The predicted octanol–water partition coefficient (Wildman–Crippen LogP) is 2.19. The highest BCUT2D eigenvalue weighted by molar-refractivity contribution is 6.08. The molecule has 3 fully saturated rings. The maximum Gasteiger partial charge on any atom is 0.470 e. The second kappa shape index (κ2) is 9.24. The smallest absolute Gasteiger partial charge is 0.413 e. The molecule has 0 radical (unpaired) electrons. The van der Waals surface area contributed by atoms with Crippen LogP contribution in [0, 0.1) is 0 Å². The van der Waals surface area contributed by atoms with Gasteiger partial charge in [-0.15, -0.1) is 10.2 Å². The van der Waals surface area contributed by atoms with Gasteiger partial charge in [0.2, 0.25) is 5.89 Å². The second-order valence-corrected chi connectivity index (χ2v) is 9.55. The van der Waals surface area contributed by atoms with E-state index in [2.05, 4.69) is 20.5 Å². The number of rotatable bonds is 5. The van der Waals surface area contributed by atoms with E-state index in [1.54, 1.807) is 15.9 Å². The Kier molecular flexibility index (Phi) is 6.02. The molecule has 1 aliphatic carbocycles. The van der Waals surface area contributed by atoms with E-state index < -0.39 is 12.1 Å². The van der Waals surface area contributed by atoms with E-state index in [0.717, 1.165) is 13.1 Å². The van der Waals surface area contributed by atoms with E-state index in [0.29, 0.717) is 50.5 Å². The largest absolute Gasteiger partial charge is 0.470 e. The number of aromatic nitrogens is 2. The molecule has 1 aromatic heterocycles. The van der Waals surface area contributed by atoms with Gasteiger partial charge in [0.1, 0.15) is 5.83 Å². The fourth-order valence-electron chi connectivity index (χ4n) is 5.26. The van der Waals surface area contributed by atoms with Crippen LogP contribution in [-0.4, -0.2) is 101 Å². The molecule has 0 aromatic carbocycles. The van der Waals surface area contributed by atoms with Gasteiger partial charge < -0.3 is 24.3 Å². The lowest BCUT2D eigenvalue weighted by atomic mass is 9.97. The number of urea groups is 1. The van der Waals surface area contributed by atoms with Crippen molar-refractivity contribution in [1.29, 1.82) is 0 Å². The number of carbonyl (C=O) groups is 1. The maximum absolute atomic E-state index is 15.3. The summed E-state index contributed by atoms with van der Waals surface area (Å²) < 4.78 is 63.7. The Morgan fingerprint density at radius 1 is 1.16 bits per heavy atom. The van der Waals surface area contributed by atoms with Gasteiger partial charge in [0.15, 0.2) is 0 Å². The van der Waals surface area contributed by atoms with Gasteiger partial charge in [-0.2, -0.15) is 13.2 Å². The van der Waals surface area contributed by atoms with E-state index >= 15 is 4.39 Å². The first-order chi connectivity index (χ1) is 17.8. The van der Waals surface area contributed by atoms with Gasteiger partial charge in [-0.05, 0) is 12.5 Å². The molecule has 37 heavy (non-hydrogen) atoms. The lowest BCUT2D eigenvalue weighted by Gasteiger charge is -2.40. The van der Waals surface area contributed by atoms with Crippen molar-refractivity contribution in [2.75, 3.05) is 45.9 Å². The number of dihydropyridines is 1. The molecule has 14 heteroatoms. The molecule has 1 aromatic rings. The summed E-state index contributed by atoms with van der Waals surface area (Å²) in [6, 6.07) is -0.934. The molecule has 0 saturated carbocycles.